The van der Waals surface area contributed by atoms with Gasteiger partial charge in [0.05, 0.1) is 13.1 Å². The van der Waals surface area contributed by atoms with Crippen LogP contribution in [0.25, 0.3) is 0 Å². The molecule has 0 saturated carbocycles. The maximum atomic E-state index is 10.8. The Morgan fingerprint density at radius 3 is 2.75 bits per heavy atom. The molecule has 1 rings (SSSR count). The van der Waals surface area contributed by atoms with Gasteiger partial charge in [-0.05, 0) is 13.8 Å². The number of aromatic carboxylic acids is 1. The smallest absolute Gasteiger partial charge is 0.419 e. The van der Waals surface area contributed by atoms with Crippen LogP contribution in [0.15, 0.2) is 12.4 Å². The van der Waals surface area contributed by atoms with Crippen molar-refractivity contribution in [2.75, 3.05) is 0 Å². The fraction of sp³-hybridized carbons (Fsp3) is 0.500. The van der Waals surface area contributed by atoms with Gasteiger partial charge >= 0.3 is 11.8 Å². The van der Waals surface area contributed by atoms with Crippen LogP contribution in [0.3, 0.4) is 0 Å². The van der Waals surface area contributed by atoms with Gasteiger partial charge in [-0.3, -0.25) is 0 Å². The Balaban J connectivity index is 3.16. The first-order valence-corrected chi connectivity index (χ1v) is 4.02. The average molecular weight is 169 g/mol. The van der Waals surface area contributed by atoms with Crippen LogP contribution in [-0.2, 0) is 13.1 Å². The first-order valence-electron chi connectivity index (χ1n) is 4.02. The van der Waals surface area contributed by atoms with Gasteiger partial charge in [-0.15, -0.1) is 0 Å². The molecule has 0 aromatic carbocycles. The zero-order valence-electron chi connectivity index (χ0n) is 7.32. The van der Waals surface area contributed by atoms with E-state index >= 15 is 0 Å². The number of carboxylic acid groups (broad SMARTS) is 1. The number of hydrogen-bond acceptors (Lipinski definition) is 1. The average Bonchev–Trinajstić information content (AvgIpc) is 2.46. The second-order valence-electron chi connectivity index (χ2n) is 2.50. The molecule has 0 spiro atoms. The molecule has 0 saturated heterocycles. The summed E-state index contributed by atoms with van der Waals surface area (Å²) in [6, 6.07) is 0. The molecule has 4 nitrogen and oxygen atoms in total. The Hall–Kier alpha value is -1.32. The Bertz CT molecular complexity index is 270. The summed E-state index contributed by atoms with van der Waals surface area (Å²) in [5, 5.41) is 8.86. The maximum absolute atomic E-state index is 10.8. The van der Waals surface area contributed by atoms with Gasteiger partial charge in [0.2, 0.25) is 0 Å². The van der Waals surface area contributed by atoms with Gasteiger partial charge in [0.1, 0.15) is 12.4 Å². The van der Waals surface area contributed by atoms with Crippen LogP contribution < -0.4 is 4.57 Å². The zero-order chi connectivity index (χ0) is 9.14. The second-order valence-corrected chi connectivity index (χ2v) is 2.50. The van der Waals surface area contributed by atoms with Crippen molar-refractivity contribution < 1.29 is 14.5 Å². The Labute approximate surface area is 71.1 Å². The Kier molecular flexibility index (Phi) is 2.47. The molecular weight excluding hydrogens is 156 g/mol. The first-order chi connectivity index (χ1) is 5.70. The van der Waals surface area contributed by atoms with Crippen molar-refractivity contribution in [1.82, 2.24) is 4.57 Å². The largest absolute Gasteiger partial charge is 0.472 e. The molecule has 0 atom stereocenters. The number of hydrogen-bond donors (Lipinski definition) is 1. The molecule has 0 aliphatic heterocycles. The monoisotopic (exact) mass is 169 g/mol. The molecule has 0 aliphatic carbocycles. The van der Waals surface area contributed by atoms with Crippen LogP contribution in [0.2, 0.25) is 0 Å². The quantitative estimate of drug-likeness (QED) is 0.670. The fourth-order valence-corrected chi connectivity index (χ4v) is 1.22. The van der Waals surface area contributed by atoms with Gasteiger partial charge in [-0.2, -0.15) is 0 Å². The van der Waals surface area contributed by atoms with Crippen molar-refractivity contribution >= 4 is 5.97 Å². The highest BCUT2D eigenvalue weighted by molar-refractivity contribution is 5.81. The van der Waals surface area contributed by atoms with Crippen molar-refractivity contribution in [2.45, 2.75) is 26.9 Å². The molecule has 1 aromatic heterocycles. The van der Waals surface area contributed by atoms with Crippen molar-refractivity contribution in [3.63, 3.8) is 0 Å². The molecular formula is C8H13N2O2+. The van der Waals surface area contributed by atoms with Gasteiger partial charge in [-0.25, -0.2) is 13.9 Å². The molecule has 1 N–H and O–H groups in total. The lowest BCUT2D eigenvalue weighted by Gasteiger charge is -1.95. The van der Waals surface area contributed by atoms with Crippen LogP contribution in [0, 0.1) is 0 Å². The minimum Gasteiger partial charge on any atom is -0.472 e. The minimum absolute atomic E-state index is 0.347. The number of nitrogens with zero attached hydrogens (tertiary/aromatic N) is 2. The molecule has 66 valence electrons. The van der Waals surface area contributed by atoms with Crippen LogP contribution >= 0.6 is 0 Å². The summed E-state index contributed by atoms with van der Waals surface area (Å²) in [5.41, 5.74) is 0. The molecule has 12 heavy (non-hydrogen) atoms. The van der Waals surface area contributed by atoms with Crippen molar-refractivity contribution in [3.8, 4) is 0 Å². The highest BCUT2D eigenvalue weighted by atomic mass is 16.4. The standard InChI is InChI=1S/C8H12N2O2/c1-3-9-5-6-10(4-2)7(9)8(11)12/h5-6H,3-4H2,1-2H3/p+1. The van der Waals surface area contributed by atoms with E-state index < -0.39 is 5.97 Å². The van der Waals surface area contributed by atoms with Crippen molar-refractivity contribution in [2.24, 2.45) is 0 Å². The molecule has 1 heterocycles. The van der Waals surface area contributed by atoms with E-state index in [9.17, 15) is 4.79 Å². The third kappa shape index (κ3) is 1.32. The summed E-state index contributed by atoms with van der Waals surface area (Å²) in [5.74, 6) is -0.524. The van der Waals surface area contributed by atoms with E-state index in [1.807, 2.05) is 13.8 Å². The van der Waals surface area contributed by atoms with E-state index in [4.69, 9.17) is 5.11 Å². The molecule has 1 aromatic rings. The number of imidazole rings is 1. The third-order valence-corrected chi connectivity index (χ3v) is 1.84. The number of aromatic nitrogens is 2. The molecule has 0 unspecified atom stereocenters. The van der Waals surface area contributed by atoms with Crippen molar-refractivity contribution in [1.29, 1.82) is 0 Å². The molecule has 0 amide bonds. The first kappa shape index (κ1) is 8.77. The van der Waals surface area contributed by atoms with E-state index in [0.717, 1.165) is 0 Å². The molecule has 0 radical (unpaired) electrons. The second kappa shape index (κ2) is 3.38. The minimum atomic E-state index is -0.872. The summed E-state index contributed by atoms with van der Waals surface area (Å²) in [4.78, 5) is 10.8. The summed E-state index contributed by atoms with van der Waals surface area (Å²) >= 11 is 0. The highest BCUT2D eigenvalue weighted by Crippen LogP contribution is 1.94. The topological polar surface area (TPSA) is 46.1 Å². The molecule has 0 bridgehead atoms. The normalized spacial score (nSPS) is 10.2. The highest BCUT2D eigenvalue weighted by Gasteiger charge is 2.22. The lowest BCUT2D eigenvalue weighted by Crippen LogP contribution is -2.38. The summed E-state index contributed by atoms with van der Waals surface area (Å²) in [6.07, 6.45) is 3.57. The summed E-state index contributed by atoms with van der Waals surface area (Å²) in [6.45, 7) is 5.22. The lowest BCUT2D eigenvalue weighted by atomic mass is 10.5. The van der Waals surface area contributed by atoms with Gasteiger partial charge in [0.15, 0.2) is 0 Å². The lowest BCUT2D eigenvalue weighted by molar-refractivity contribution is -0.695. The van der Waals surface area contributed by atoms with Gasteiger partial charge in [0, 0.05) is 0 Å². The molecule has 0 aliphatic rings. The SMILES string of the molecule is CCn1cc[n+](CC)c1C(=O)O. The predicted molar refractivity (Wildman–Crippen MR) is 42.9 cm³/mol. The number of rotatable bonds is 3. The van der Waals surface area contributed by atoms with Gasteiger partial charge in [-0.1, -0.05) is 0 Å². The van der Waals surface area contributed by atoms with E-state index in [-0.39, 0.29) is 0 Å². The molecule has 0 fully saturated rings. The van der Waals surface area contributed by atoms with Crippen LogP contribution in [0.1, 0.15) is 24.5 Å². The zero-order valence-corrected chi connectivity index (χ0v) is 7.32. The molecule has 4 heteroatoms. The predicted octanol–water partition coefficient (Wildman–Crippen LogP) is 0.514. The third-order valence-electron chi connectivity index (χ3n) is 1.84. The van der Waals surface area contributed by atoms with Crippen LogP contribution in [0.4, 0.5) is 0 Å². The van der Waals surface area contributed by atoms with Crippen LogP contribution in [0.5, 0.6) is 0 Å². The van der Waals surface area contributed by atoms with Gasteiger partial charge < -0.3 is 5.11 Å². The number of carbonyl (C=O) groups is 1. The van der Waals surface area contributed by atoms with E-state index in [2.05, 4.69) is 0 Å². The van der Waals surface area contributed by atoms with Gasteiger partial charge in [0.25, 0.3) is 0 Å². The Morgan fingerprint density at radius 1 is 1.67 bits per heavy atom. The maximum Gasteiger partial charge on any atom is 0.419 e. The van der Waals surface area contributed by atoms with E-state index in [1.165, 1.54) is 0 Å². The Morgan fingerprint density at radius 2 is 2.33 bits per heavy atom. The van der Waals surface area contributed by atoms with E-state index in [0.29, 0.717) is 18.9 Å². The van der Waals surface area contributed by atoms with Crippen molar-refractivity contribution in [3.05, 3.63) is 18.2 Å². The summed E-state index contributed by atoms with van der Waals surface area (Å²) in [7, 11) is 0. The van der Waals surface area contributed by atoms with Crippen LogP contribution in [-0.4, -0.2) is 15.6 Å². The van der Waals surface area contributed by atoms with E-state index in [1.54, 1.807) is 21.5 Å². The fourth-order valence-electron chi connectivity index (χ4n) is 1.22. The number of carboxylic acids is 1. The number of aryl methyl sites for hydroxylation is 2. The summed E-state index contributed by atoms with van der Waals surface area (Å²) < 4.78 is 3.43.